The fourth-order valence-electron chi connectivity index (χ4n) is 1.89. The minimum absolute atomic E-state index is 0.139. The third-order valence-electron chi connectivity index (χ3n) is 3.02. The molecule has 1 aliphatic heterocycles. The lowest BCUT2D eigenvalue weighted by Crippen LogP contribution is -2.35. The second kappa shape index (κ2) is 4.08. The Morgan fingerprint density at radius 1 is 1.47 bits per heavy atom. The molecule has 2 unspecified atom stereocenters. The van der Waals surface area contributed by atoms with Gasteiger partial charge in [-0.15, -0.1) is 5.10 Å². The van der Waals surface area contributed by atoms with Crippen molar-refractivity contribution in [2.24, 2.45) is 0 Å². The first-order valence-electron chi connectivity index (χ1n) is 5.78. The van der Waals surface area contributed by atoms with Crippen molar-refractivity contribution in [3.8, 4) is 0 Å². The van der Waals surface area contributed by atoms with E-state index in [0.717, 1.165) is 12.8 Å². The lowest BCUT2D eigenvalue weighted by molar-refractivity contribution is -0.118. The lowest BCUT2D eigenvalue weighted by Gasteiger charge is -2.07. The van der Waals surface area contributed by atoms with Crippen LogP contribution in [0.2, 0.25) is 0 Å². The van der Waals surface area contributed by atoms with Crippen LogP contribution >= 0.6 is 0 Å². The molecule has 1 saturated heterocycles. The lowest BCUT2D eigenvalue weighted by atomic mass is 10.2. The molecule has 0 spiro atoms. The molecule has 0 bridgehead atoms. The number of carbonyl (C=O) groups is 1. The number of anilines is 1. The number of hydrogen-bond donors (Lipinski definition) is 3. The van der Waals surface area contributed by atoms with Crippen molar-refractivity contribution in [3.63, 3.8) is 0 Å². The third kappa shape index (κ3) is 2.29. The fourth-order valence-corrected chi connectivity index (χ4v) is 1.89. The van der Waals surface area contributed by atoms with Crippen LogP contribution < -0.4 is 10.6 Å². The van der Waals surface area contributed by atoms with E-state index in [0.29, 0.717) is 24.8 Å². The van der Waals surface area contributed by atoms with E-state index in [-0.39, 0.29) is 18.0 Å². The molecule has 17 heavy (non-hydrogen) atoms. The van der Waals surface area contributed by atoms with Crippen molar-refractivity contribution in [3.05, 3.63) is 5.89 Å². The molecule has 3 rings (SSSR count). The maximum atomic E-state index is 11.7. The average molecular weight is 238 g/mol. The van der Waals surface area contributed by atoms with Crippen molar-refractivity contribution < 1.29 is 14.3 Å². The van der Waals surface area contributed by atoms with Gasteiger partial charge in [-0.3, -0.25) is 10.1 Å². The minimum atomic E-state index is -0.463. The van der Waals surface area contributed by atoms with Crippen molar-refractivity contribution in [1.29, 1.82) is 0 Å². The normalized spacial score (nSPS) is 28.3. The van der Waals surface area contributed by atoms with Crippen LogP contribution in [0.4, 0.5) is 6.01 Å². The highest BCUT2D eigenvalue weighted by atomic mass is 16.4. The van der Waals surface area contributed by atoms with Gasteiger partial charge in [0.05, 0.1) is 12.1 Å². The Kier molecular flexibility index (Phi) is 2.56. The SMILES string of the molecule is O=C(Nc1nnc(C2CC2)o1)C1CC(O)CN1. The molecular weight excluding hydrogens is 224 g/mol. The number of carbonyl (C=O) groups excluding carboxylic acids is 1. The Bertz CT molecular complexity index is 429. The van der Waals surface area contributed by atoms with Gasteiger partial charge in [0.2, 0.25) is 11.8 Å². The zero-order valence-corrected chi connectivity index (χ0v) is 9.22. The molecule has 2 fully saturated rings. The number of rotatable bonds is 3. The predicted octanol–water partition coefficient (Wildman–Crippen LogP) is -0.392. The smallest absolute Gasteiger partial charge is 0.322 e. The number of amides is 1. The van der Waals surface area contributed by atoms with Crippen LogP contribution in [0, 0.1) is 0 Å². The monoisotopic (exact) mass is 238 g/mol. The topological polar surface area (TPSA) is 100 Å². The summed E-state index contributed by atoms with van der Waals surface area (Å²) in [5.41, 5.74) is 0. The summed E-state index contributed by atoms with van der Waals surface area (Å²) >= 11 is 0. The van der Waals surface area contributed by atoms with E-state index in [2.05, 4.69) is 20.8 Å². The summed E-state index contributed by atoms with van der Waals surface area (Å²) in [7, 11) is 0. The molecule has 0 aromatic carbocycles. The van der Waals surface area contributed by atoms with Gasteiger partial charge in [-0.25, -0.2) is 0 Å². The summed E-state index contributed by atoms with van der Waals surface area (Å²) in [5, 5.41) is 22.4. The third-order valence-corrected chi connectivity index (χ3v) is 3.02. The molecule has 7 nitrogen and oxygen atoms in total. The molecule has 1 amide bonds. The van der Waals surface area contributed by atoms with Crippen LogP contribution in [0.15, 0.2) is 4.42 Å². The first-order chi connectivity index (χ1) is 8.22. The molecule has 1 saturated carbocycles. The molecule has 1 aromatic rings. The highest BCUT2D eigenvalue weighted by molar-refractivity contribution is 5.93. The van der Waals surface area contributed by atoms with Gasteiger partial charge in [0, 0.05) is 12.5 Å². The van der Waals surface area contributed by atoms with Gasteiger partial charge in [0.25, 0.3) is 0 Å². The highest BCUT2D eigenvalue weighted by Crippen LogP contribution is 2.39. The van der Waals surface area contributed by atoms with E-state index in [1.54, 1.807) is 0 Å². The Labute approximate surface area is 97.6 Å². The second-order valence-corrected chi connectivity index (χ2v) is 4.56. The molecule has 2 atom stereocenters. The van der Waals surface area contributed by atoms with Crippen molar-refractivity contribution >= 4 is 11.9 Å². The van der Waals surface area contributed by atoms with Crippen LogP contribution in [0.25, 0.3) is 0 Å². The van der Waals surface area contributed by atoms with Crippen molar-refractivity contribution in [2.75, 3.05) is 11.9 Å². The zero-order valence-electron chi connectivity index (χ0n) is 9.22. The first-order valence-corrected chi connectivity index (χ1v) is 5.78. The Morgan fingerprint density at radius 2 is 2.29 bits per heavy atom. The van der Waals surface area contributed by atoms with Gasteiger partial charge >= 0.3 is 6.01 Å². The Balaban J connectivity index is 1.59. The van der Waals surface area contributed by atoms with Crippen LogP contribution in [-0.2, 0) is 4.79 Å². The molecule has 0 radical (unpaired) electrons. The van der Waals surface area contributed by atoms with Crippen LogP contribution in [0.3, 0.4) is 0 Å². The quantitative estimate of drug-likeness (QED) is 0.663. The van der Waals surface area contributed by atoms with Gasteiger partial charge in [-0.1, -0.05) is 5.10 Å². The molecular formula is C10H14N4O3. The number of β-amino-alcohol motifs (C(OH)–C–C–N with tert-alkyl or cyclic N) is 1. The molecule has 1 aliphatic carbocycles. The second-order valence-electron chi connectivity index (χ2n) is 4.56. The van der Waals surface area contributed by atoms with E-state index >= 15 is 0 Å². The van der Waals surface area contributed by atoms with Crippen LogP contribution in [0.5, 0.6) is 0 Å². The van der Waals surface area contributed by atoms with Gasteiger partial charge in [-0.05, 0) is 19.3 Å². The Hall–Kier alpha value is -1.47. The standard InChI is InChI=1S/C10H14N4O3/c15-6-3-7(11-4-6)8(16)12-10-14-13-9(17-10)5-1-2-5/h5-7,11,15H,1-4H2,(H,12,14,16). The summed E-state index contributed by atoms with van der Waals surface area (Å²) in [6.45, 7) is 0.440. The van der Waals surface area contributed by atoms with Gasteiger partial charge < -0.3 is 14.8 Å². The first kappa shape index (κ1) is 10.7. The summed E-state index contributed by atoms with van der Waals surface area (Å²) in [4.78, 5) is 11.7. The fraction of sp³-hybridized carbons (Fsp3) is 0.700. The number of nitrogens with one attached hydrogen (secondary N) is 2. The maximum absolute atomic E-state index is 11.7. The Morgan fingerprint density at radius 3 is 2.94 bits per heavy atom. The van der Waals surface area contributed by atoms with Gasteiger partial charge in [0.15, 0.2) is 0 Å². The molecule has 2 heterocycles. The van der Waals surface area contributed by atoms with Crippen LogP contribution in [0.1, 0.15) is 31.1 Å². The average Bonchev–Trinajstić information content (AvgIpc) is 2.90. The molecule has 7 heteroatoms. The highest BCUT2D eigenvalue weighted by Gasteiger charge is 2.31. The molecule has 92 valence electrons. The molecule has 3 N–H and O–H groups in total. The predicted molar refractivity (Wildman–Crippen MR) is 57.3 cm³/mol. The number of aliphatic hydroxyl groups is 1. The summed E-state index contributed by atoms with van der Waals surface area (Å²) < 4.78 is 5.32. The number of nitrogens with zero attached hydrogens (tertiary/aromatic N) is 2. The van der Waals surface area contributed by atoms with Crippen LogP contribution in [-0.4, -0.2) is 39.9 Å². The van der Waals surface area contributed by atoms with E-state index < -0.39 is 6.10 Å². The van der Waals surface area contributed by atoms with Crippen molar-refractivity contribution in [1.82, 2.24) is 15.5 Å². The largest absolute Gasteiger partial charge is 0.408 e. The number of aromatic nitrogens is 2. The van der Waals surface area contributed by atoms with Gasteiger partial charge in [-0.2, -0.15) is 0 Å². The van der Waals surface area contributed by atoms with E-state index in [9.17, 15) is 9.90 Å². The minimum Gasteiger partial charge on any atom is -0.408 e. The van der Waals surface area contributed by atoms with Crippen molar-refractivity contribution in [2.45, 2.75) is 37.3 Å². The molecule has 1 aromatic heterocycles. The van der Waals surface area contributed by atoms with E-state index in [1.165, 1.54) is 0 Å². The summed E-state index contributed by atoms with van der Waals surface area (Å²) in [5.74, 6) is 0.729. The number of hydrogen-bond acceptors (Lipinski definition) is 6. The summed E-state index contributed by atoms with van der Waals surface area (Å²) in [6, 6.07) is -0.249. The van der Waals surface area contributed by atoms with Gasteiger partial charge in [0.1, 0.15) is 0 Å². The van der Waals surface area contributed by atoms with E-state index in [4.69, 9.17) is 4.42 Å². The number of aliphatic hydroxyl groups excluding tert-OH is 1. The zero-order chi connectivity index (χ0) is 11.8. The summed E-state index contributed by atoms with van der Waals surface area (Å²) in [6.07, 6.45) is 2.10. The maximum Gasteiger partial charge on any atom is 0.322 e. The van der Waals surface area contributed by atoms with E-state index in [1.807, 2.05) is 0 Å². The molecule has 2 aliphatic rings.